The van der Waals surface area contributed by atoms with E-state index in [-0.39, 0.29) is 16.9 Å². The summed E-state index contributed by atoms with van der Waals surface area (Å²) in [5.41, 5.74) is 1.93. The van der Waals surface area contributed by atoms with E-state index in [4.69, 9.17) is 14.2 Å². The van der Waals surface area contributed by atoms with E-state index in [1.165, 1.54) is 32.4 Å². The van der Waals surface area contributed by atoms with Gasteiger partial charge in [0.1, 0.15) is 5.75 Å². The molecule has 0 aliphatic rings. The summed E-state index contributed by atoms with van der Waals surface area (Å²) < 4.78 is 15.4. The molecule has 27 heavy (non-hydrogen) atoms. The SMILES string of the molecule is COC(=O)c1cc(Oc2ncccc2-c2ccncc2)cc(C(=O)OC)c1. The van der Waals surface area contributed by atoms with Gasteiger partial charge in [0.2, 0.25) is 5.88 Å². The summed E-state index contributed by atoms with van der Waals surface area (Å²) >= 11 is 0. The van der Waals surface area contributed by atoms with Gasteiger partial charge in [-0.05, 0) is 48.0 Å². The maximum absolute atomic E-state index is 11.9. The number of rotatable bonds is 5. The molecule has 0 aliphatic heterocycles. The Kier molecular flexibility index (Phi) is 5.41. The Bertz CT molecular complexity index is 939. The van der Waals surface area contributed by atoms with E-state index in [1.54, 1.807) is 24.7 Å². The van der Waals surface area contributed by atoms with Crippen molar-refractivity contribution in [3.05, 3.63) is 72.2 Å². The Morgan fingerprint density at radius 1 is 0.852 bits per heavy atom. The Morgan fingerprint density at radius 3 is 2.07 bits per heavy atom. The van der Waals surface area contributed by atoms with Crippen LogP contribution in [0.1, 0.15) is 20.7 Å². The normalized spacial score (nSPS) is 10.1. The molecule has 0 aliphatic carbocycles. The standard InChI is InChI=1S/C20H16N2O5/c1-25-19(23)14-10-15(20(24)26-2)12-16(11-14)27-18-17(4-3-7-22-18)13-5-8-21-9-6-13/h3-12H,1-2H3. The molecule has 0 N–H and O–H groups in total. The number of nitrogens with zero attached hydrogens (tertiary/aromatic N) is 2. The van der Waals surface area contributed by atoms with Crippen LogP contribution in [0.4, 0.5) is 0 Å². The number of ether oxygens (including phenoxy) is 3. The smallest absolute Gasteiger partial charge is 0.338 e. The van der Waals surface area contributed by atoms with E-state index in [0.717, 1.165) is 11.1 Å². The number of aromatic nitrogens is 2. The predicted octanol–water partition coefficient (Wildman–Crippen LogP) is 3.51. The molecule has 2 aromatic heterocycles. The largest absolute Gasteiger partial charge is 0.465 e. The second-order valence-electron chi connectivity index (χ2n) is 5.42. The van der Waals surface area contributed by atoms with Gasteiger partial charge in [-0.3, -0.25) is 4.98 Å². The van der Waals surface area contributed by atoms with E-state index in [9.17, 15) is 9.59 Å². The van der Waals surface area contributed by atoms with E-state index in [1.807, 2.05) is 18.2 Å². The molecular weight excluding hydrogens is 348 g/mol. The van der Waals surface area contributed by atoms with Gasteiger partial charge in [0.15, 0.2) is 0 Å². The first-order chi connectivity index (χ1) is 13.1. The van der Waals surface area contributed by atoms with E-state index >= 15 is 0 Å². The molecule has 0 saturated heterocycles. The fourth-order valence-corrected chi connectivity index (χ4v) is 2.46. The Morgan fingerprint density at radius 2 is 1.48 bits per heavy atom. The molecular formula is C20H16N2O5. The Labute approximate surface area is 155 Å². The van der Waals surface area contributed by atoms with Crippen molar-refractivity contribution in [2.45, 2.75) is 0 Å². The molecule has 0 unspecified atom stereocenters. The first-order valence-corrected chi connectivity index (χ1v) is 7.97. The lowest BCUT2D eigenvalue weighted by atomic mass is 10.1. The van der Waals surface area contributed by atoms with Gasteiger partial charge in [0.05, 0.1) is 25.3 Å². The summed E-state index contributed by atoms with van der Waals surface area (Å²) in [7, 11) is 2.52. The highest BCUT2D eigenvalue weighted by Gasteiger charge is 2.16. The second kappa shape index (κ2) is 8.09. The highest BCUT2D eigenvalue weighted by atomic mass is 16.5. The summed E-state index contributed by atoms with van der Waals surface area (Å²) in [6.45, 7) is 0. The van der Waals surface area contributed by atoms with Crippen LogP contribution in [-0.2, 0) is 9.47 Å². The first kappa shape index (κ1) is 18.1. The lowest BCUT2D eigenvalue weighted by Crippen LogP contribution is -2.07. The highest BCUT2D eigenvalue weighted by molar-refractivity contribution is 5.96. The average molecular weight is 364 g/mol. The van der Waals surface area contributed by atoms with Gasteiger partial charge in [-0.1, -0.05) is 0 Å². The van der Waals surface area contributed by atoms with Crippen molar-refractivity contribution < 1.29 is 23.8 Å². The molecule has 0 spiro atoms. The number of methoxy groups -OCH3 is 2. The number of carbonyl (C=O) groups excluding carboxylic acids is 2. The van der Waals surface area contributed by atoms with Crippen LogP contribution in [0.3, 0.4) is 0 Å². The van der Waals surface area contributed by atoms with Crippen LogP contribution < -0.4 is 4.74 Å². The zero-order valence-corrected chi connectivity index (χ0v) is 14.7. The van der Waals surface area contributed by atoms with Crippen molar-refractivity contribution in [1.29, 1.82) is 0 Å². The number of benzene rings is 1. The zero-order valence-electron chi connectivity index (χ0n) is 14.7. The van der Waals surface area contributed by atoms with Gasteiger partial charge in [0, 0.05) is 24.2 Å². The minimum atomic E-state index is -0.596. The molecule has 3 rings (SSSR count). The van der Waals surface area contributed by atoms with Gasteiger partial charge < -0.3 is 14.2 Å². The predicted molar refractivity (Wildman–Crippen MR) is 96.7 cm³/mol. The lowest BCUT2D eigenvalue weighted by molar-refractivity contribution is 0.0598. The summed E-state index contributed by atoms with van der Waals surface area (Å²) in [6, 6.07) is 11.6. The lowest BCUT2D eigenvalue weighted by Gasteiger charge is -2.12. The van der Waals surface area contributed by atoms with E-state index in [0.29, 0.717) is 5.88 Å². The van der Waals surface area contributed by atoms with Crippen molar-refractivity contribution >= 4 is 11.9 Å². The highest BCUT2D eigenvalue weighted by Crippen LogP contribution is 2.32. The maximum atomic E-state index is 11.9. The average Bonchev–Trinajstić information content (AvgIpc) is 2.73. The first-order valence-electron chi connectivity index (χ1n) is 7.97. The summed E-state index contributed by atoms with van der Waals surface area (Å²) in [6.07, 6.45) is 4.92. The minimum absolute atomic E-state index is 0.164. The molecule has 1 aromatic carbocycles. The molecule has 0 radical (unpaired) electrons. The molecule has 0 amide bonds. The van der Waals surface area contributed by atoms with Crippen molar-refractivity contribution in [1.82, 2.24) is 9.97 Å². The Balaban J connectivity index is 2.03. The molecule has 7 heteroatoms. The van der Waals surface area contributed by atoms with Crippen LogP contribution in [-0.4, -0.2) is 36.1 Å². The Hall–Kier alpha value is -3.74. The van der Waals surface area contributed by atoms with Crippen LogP contribution in [0.2, 0.25) is 0 Å². The summed E-state index contributed by atoms with van der Waals surface area (Å²) in [4.78, 5) is 32.1. The van der Waals surface area contributed by atoms with Crippen LogP contribution in [0.15, 0.2) is 61.1 Å². The van der Waals surface area contributed by atoms with Crippen molar-refractivity contribution in [3.8, 4) is 22.8 Å². The number of hydrogen-bond donors (Lipinski definition) is 0. The fourth-order valence-electron chi connectivity index (χ4n) is 2.46. The summed E-state index contributed by atoms with van der Waals surface area (Å²) in [5, 5.41) is 0. The van der Waals surface area contributed by atoms with Gasteiger partial charge in [0.25, 0.3) is 0 Å². The molecule has 2 heterocycles. The van der Waals surface area contributed by atoms with E-state index in [2.05, 4.69) is 9.97 Å². The molecule has 3 aromatic rings. The molecule has 136 valence electrons. The third-order valence-electron chi connectivity index (χ3n) is 3.73. The minimum Gasteiger partial charge on any atom is -0.465 e. The third kappa shape index (κ3) is 4.09. The molecule has 0 saturated carbocycles. The van der Waals surface area contributed by atoms with Gasteiger partial charge in [-0.15, -0.1) is 0 Å². The van der Waals surface area contributed by atoms with Crippen LogP contribution in [0.25, 0.3) is 11.1 Å². The van der Waals surface area contributed by atoms with Crippen molar-refractivity contribution in [2.24, 2.45) is 0 Å². The van der Waals surface area contributed by atoms with Crippen molar-refractivity contribution in [2.75, 3.05) is 14.2 Å². The van der Waals surface area contributed by atoms with Gasteiger partial charge in [-0.2, -0.15) is 0 Å². The monoisotopic (exact) mass is 364 g/mol. The second-order valence-corrected chi connectivity index (χ2v) is 5.42. The van der Waals surface area contributed by atoms with Crippen LogP contribution >= 0.6 is 0 Å². The molecule has 0 bridgehead atoms. The summed E-state index contributed by atoms with van der Waals surface area (Å²) in [5.74, 6) is -0.615. The van der Waals surface area contributed by atoms with Crippen LogP contribution in [0.5, 0.6) is 11.6 Å². The quantitative estimate of drug-likeness (QED) is 0.640. The zero-order chi connectivity index (χ0) is 19.2. The number of hydrogen-bond acceptors (Lipinski definition) is 7. The topological polar surface area (TPSA) is 87.6 Å². The van der Waals surface area contributed by atoms with Crippen LogP contribution in [0, 0.1) is 0 Å². The van der Waals surface area contributed by atoms with Gasteiger partial charge >= 0.3 is 11.9 Å². The number of esters is 2. The van der Waals surface area contributed by atoms with Crippen molar-refractivity contribution in [3.63, 3.8) is 0 Å². The van der Waals surface area contributed by atoms with Gasteiger partial charge in [-0.25, -0.2) is 14.6 Å². The number of carbonyl (C=O) groups is 2. The molecule has 7 nitrogen and oxygen atoms in total. The van der Waals surface area contributed by atoms with E-state index < -0.39 is 11.9 Å². The number of pyridine rings is 2. The third-order valence-corrected chi connectivity index (χ3v) is 3.73. The maximum Gasteiger partial charge on any atom is 0.338 e. The fraction of sp³-hybridized carbons (Fsp3) is 0.100. The molecule has 0 fully saturated rings. The molecule has 0 atom stereocenters.